The van der Waals surface area contributed by atoms with E-state index in [0.717, 1.165) is 0 Å². The summed E-state index contributed by atoms with van der Waals surface area (Å²) in [5.74, 6) is 1.11. The number of carbonyl (C=O) groups is 1. The van der Waals surface area contributed by atoms with Crippen LogP contribution in [-0.2, 0) is 0 Å². The van der Waals surface area contributed by atoms with Gasteiger partial charge in [0.05, 0.1) is 5.69 Å². The summed E-state index contributed by atoms with van der Waals surface area (Å²) in [6.07, 6.45) is 0. The Morgan fingerprint density at radius 1 is 0.783 bits per heavy atom. The Kier molecular flexibility index (Phi) is 3.97. The molecule has 0 aliphatic heterocycles. The highest BCUT2D eigenvalue weighted by molar-refractivity contribution is 6.08. The standard InChI is InChI=1S/C19H16N2O2/c20-15-8-11-18(17(21)12-15)23-16-9-6-14(7-10-16)19(22)13-4-2-1-3-5-13/h1-12H,20-21H2. The van der Waals surface area contributed by atoms with Crippen molar-refractivity contribution in [1.29, 1.82) is 0 Å². The van der Waals surface area contributed by atoms with Crippen molar-refractivity contribution in [3.05, 3.63) is 83.9 Å². The number of hydrogen-bond donors (Lipinski definition) is 2. The average Bonchev–Trinajstić information content (AvgIpc) is 2.58. The molecule has 3 aromatic carbocycles. The zero-order chi connectivity index (χ0) is 16.2. The molecule has 0 radical (unpaired) electrons. The third-order valence-corrected chi connectivity index (χ3v) is 3.41. The Morgan fingerprint density at radius 3 is 2.09 bits per heavy atom. The van der Waals surface area contributed by atoms with Gasteiger partial charge in [-0.2, -0.15) is 0 Å². The quantitative estimate of drug-likeness (QED) is 0.566. The van der Waals surface area contributed by atoms with Crippen LogP contribution < -0.4 is 16.2 Å². The van der Waals surface area contributed by atoms with Crippen LogP contribution in [0, 0.1) is 0 Å². The second-order valence-electron chi connectivity index (χ2n) is 5.12. The van der Waals surface area contributed by atoms with E-state index in [0.29, 0.717) is 34.0 Å². The molecule has 114 valence electrons. The molecule has 4 nitrogen and oxygen atoms in total. The van der Waals surface area contributed by atoms with Crippen LogP contribution in [0.3, 0.4) is 0 Å². The van der Waals surface area contributed by atoms with Gasteiger partial charge in [-0.1, -0.05) is 30.3 Å². The predicted octanol–water partition coefficient (Wildman–Crippen LogP) is 3.87. The smallest absolute Gasteiger partial charge is 0.193 e. The molecule has 0 amide bonds. The van der Waals surface area contributed by atoms with Crippen LogP contribution in [0.5, 0.6) is 11.5 Å². The fourth-order valence-electron chi connectivity index (χ4n) is 2.22. The van der Waals surface area contributed by atoms with Crippen molar-refractivity contribution in [3.63, 3.8) is 0 Å². The maximum atomic E-state index is 12.3. The molecule has 0 heterocycles. The van der Waals surface area contributed by atoms with Gasteiger partial charge in [0.15, 0.2) is 5.78 Å². The second kappa shape index (κ2) is 6.23. The van der Waals surface area contributed by atoms with Crippen LogP contribution in [-0.4, -0.2) is 5.78 Å². The van der Waals surface area contributed by atoms with Gasteiger partial charge in [-0.25, -0.2) is 0 Å². The fourth-order valence-corrected chi connectivity index (χ4v) is 2.22. The summed E-state index contributed by atoms with van der Waals surface area (Å²) in [4.78, 5) is 12.3. The highest BCUT2D eigenvalue weighted by Gasteiger charge is 2.09. The molecule has 3 rings (SSSR count). The number of nitrogens with two attached hydrogens (primary N) is 2. The minimum Gasteiger partial charge on any atom is -0.455 e. The summed E-state index contributed by atoms with van der Waals surface area (Å²) in [6, 6.07) is 21.2. The first-order valence-electron chi connectivity index (χ1n) is 7.16. The van der Waals surface area contributed by atoms with E-state index in [4.69, 9.17) is 16.2 Å². The van der Waals surface area contributed by atoms with Crippen LogP contribution in [0.2, 0.25) is 0 Å². The molecule has 3 aromatic rings. The van der Waals surface area contributed by atoms with Gasteiger partial charge in [-0.05, 0) is 42.5 Å². The van der Waals surface area contributed by atoms with E-state index in [1.165, 1.54) is 0 Å². The SMILES string of the molecule is Nc1ccc(Oc2ccc(C(=O)c3ccccc3)cc2)c(N)c1. The first-order valence-corrected chi connectivity index (χ1v) is 7.16. The number of ketones is 1. The molecule has 0 aromatic heterocycles. The van der Waals surface area contributed by atoms with Gasteiger partial charge in [0.25, 0.3) is 0 Å². The number of rotatable bonds is 4. The Bertz CT molecular complexity index is 828. The van der Waals surface area contributed by atoms with Gasteiger partial charge in [0.1, 0.15) is 11.5 Å². The van der Waals surface area contributed by atoms with Crippen molar-refractivity contribution < 1.29 is 9.53 Å². The zero-order valence-electron chi connectivity index (χ0n) is 12.4. The average molecular weight is 304 g/mol. The molecule has 4 heteroatoms. The van der Waals surface area contributed by atoms with Crippen LogP contribution in [0.25, 0.3) is 0 Å². The molecular formula is C19H16N2O2. The molecule has 0 aliphatic rings. The summed E-state index contributed by atoms with van der Waals surface area (Å²) < 4.78 is 5.71. The van der Waals surface area contributed by atoms with Crippen LogP contribution in [0.4, 0.5) is 11.4 Å². The van der Waals surface area contributed by atoms with E-state index in [9.17, 15) is 4.79 Å². The van der Waals surface area contributed by atoms with Crippen LogP contribution in [0.15, 0.2) is 72.8 Å². The van der Waals surface area contributed by atoms with E-state index in [2.05, 4.69) is 0 Å². The summed E-state index contributed by atoms with van der Waals surface area (Å²) >= 11 is 0. The molecule has 0 atom stereocenters. The first-order chi connectivity index (χ1) is 11.1. The number of anilines is 2. The number of ether oxygens (including phenoxy) is 1. The number of nitrogen functional groups attached to an aromatic ring is 2. The minimum atomic E-state index is -0.0239. The molecule has 0 saturated heterocycles. The Hall–Kier alpha value is -3.27. The zero-order valence-corrected chi connectivity index (χ0v) is 12.4. The van der Waals surface area contributed by atoms with Crippen molar-refractivity contribution >= 4 is 17.2 Å². The third-order valence-electron chi connectivity index (χ3n) is 3.41. The molecule has 0 unspecified atom stereocenters. The number of benzene rings is 3. The monoisotopic (exact) mass is 304 g/mol. The molecule has 0 spiro atoms. The topological polar surface area (TPSA) is 78.3 Å². The van der Waals surface area contributed by atoms with Crippen LogP contribution in [0.1, 0.15) is 15.9 Å². The van der Waals surface area contributed by atoms with Crippen molar-refractivity contribution in [1.82, 2.24) is 0 Å². The highest BCUT2D eigenvalue weighted by Crippen LogP contribution is 2.29. The van der Waals surface area contributed by atoms with E-state index in [1.54, 1.807) is 54.6 Å². The van der Waals surface area contributed by atoms with E-state index in [1.807, 2.05) is 18.2 Å². The highest BCUT2D eigenvalue weighted by atomic mass is 16.5. The lowest BCUT2D eigenvalue weighted by atomic mass is 10.0. The summed E-state index contributed by atoms with van der Waals surface area (Å²) in [5, 5.41) is 0. The largest absolute Gasteiger partial charge is 0.455 e. The summed E-state index contributed by atoms with van der Waals surface area (Å²) in [7, 11) is 0. The van der Waals surface area contributed by atoms with Gasteiger partial charge in [-0.3, -0.25) is 4.79 Å². The lowest BCUT2D eigenvalue weighted by Crippen LogP contribution is -2.00. The van der Waals surface area contributed by atoms with Crippen molar-refractivity contribution in [2.45, 2.75) is 0 Å². The van der Waals surface area contributed by atoms with Gasteiger partial charge in [-0.15, -0.1) is 0 Å². The Balaban J connectivity index is 1.78. The molecule has 0 fully saturated rings. The van der Waals surface area contributed by atoms with Gasteiger partial charge < -0.3 is 16.2 Å². The minimum absolute atomic E-state index is 0.0239. The van der Waals surface area contributed by atoms with Gasteiger partial charge in [0, 0.05) is 16.8 Å². The number of hydrogen-bond acceptors (Lipinski definition) is 4. The number of carbonyl (C=O) groups excluding carboxylic acids is 1. The van der Waals surface area contributed by atoms with Gasteiger partial charge in [0.2, 0.25) is 0 Å². The van der Waals surface area contributed by atoms with E-state index >= 15 is 0 Å². The molecular weight excluding hydrogens is 288 g/mol. The van der Waals surface area contributed by atoms with Crippen molar-refractivity contribution in [2.24, 2.45) is 0 Å². The third kappa shape index (κ3) is 3.32. The lowest BCUT2D eigenvalue weighted by molar-refractivity contribution is 0.103. The molecule has 0 bridgehead atoms. The van der Waals surface area contributed by atoms with Crippen molar-refractivity contribution in [2.75, 3.05) is 11.5 Å². The molecule has 0 saturated carbocycles. The van der Waals surface area contributed by atoms with Crippen molar-refractivity contribution in [3.8, 4) is 11.5 Å². The van der Waals surface area contributed by atoms with E-state index in [-0.39, 0.29) is 5.78 Å². The summed E-state index contributed by atoms with van der Waals surface area (Å²) in [5.41, 5.74) is 13.8. The predicted molar refractivity (Wildman–Crippen MR) is 91.7 cm³/mol. The Labute approximate surface area is 134 Å². The Morgan fingerprint density at radius 2 is 1.43 bits per heavy atom. The molecule has 23 heavy (non-hydrogen) atoms. The van der Waals surface area contributed by atoms with E-state index < -0.39 is 0 Å². The maximum Gasteiger partial charge on any atom is 0.193 e. The summed E-state index contributed by atoms with van der Waals surface area (Å²) in [6.45, 7) is 0. The molecule has 4 N–H and O–H groups in total. The molecule has 0 aliphatic carbocycles. The fraction of sp³-hybridized carbons (Fsp3) is 0. The lowest BCUT2D eigenvalue weighted by Gasteiger charge is -2.09. The second-order valence-corrected chi connectivity index (χ2v) is 5.12. The maximum absolute atomic E-state index is 12.3. The van der Waals surface area contributed by atoms with Gasteiger partial charge >= 0.3 is 0 Å². The first kappa shape index (κ1) is 14.7. The van der Waals surface area contributed by atoms with Crippen LogP contribution >= 0.6 is 0 Å². The normalized spacial score (nSPS) is 10.3.